The van der Waals surface area contributed by atoms with Gasteiger partial charge in [-0.1, -0.05) is 10.3 Å². The summed E-state index contributed by atoms with van der Waals surface area (Å²) in [6.07, 6.45) is 1.41. The molecule has 1 aromatic heterocycles. The first-order valence-electron chi connectivity index (χ1n) is 2.23. The molecule has 3 N–H and O–H groups in total. The average molecular weight is 127 g/mol. The highest BCUT2D eigenvalue weighted by atomic mass is 16.5. The fourth-order valence-corrected chi connectivity index (χ4v) is 0.397. The third kappa shape index (κ3) is 0.987. The van der Waals surface area contributed by atoms with Gasteiger partial charge in [0.15, 0.2) is 0 Å². The molecule has 9 heavy (non-hydrogen) atoms. The number of nitrogens with zero attached hydrogens (tertiary/aromatic N) is 2. The maximum Gasteiger partial charge on any atom is 0.208 e. The Morgan fingerprint density at radius 3 is 3.11 bits per heavy atom. The van der Waals surface area contributed by atoms with Crippen LogP contribution < -0.4 is 5.73 Å². The maximum atomic E-state index is 8.08. The number of rotatable bonds is 1. The lowest BCUT2D eigenvalue weighted by atomic mass is 10.4. The minimum Gasteiger partial charge on any atom is -0.409 e. The second-order valence-electron chi connectivity index (χ2n) is 1.36. The lowest BCUT2D eigenvalue weighted by Gasteiger charge is -1.85. The zero-order valence-electron chi connectivity index (χ0n) is 4.48. The monoisotopic (exact) mass is 127 g/mol. The SMILES string of the molecule is NC(=NO)c1ccno1. The Morgan fingerprint density at radius 1 is 1.89 bits per heavy atom. The van der Waals surface area contributed by atoms with Crippen molar-refractivity contribution in [3.8, 4) is 0 Å². The van der Waals surface area contributed by atoms with Crippen LogP contribution in [0.5, 0.6) is 0 Å². The van der Waals surface area contributed by atoms with Crippen molar-refractivity contribution in [2.24, 2.45) is 10.9 Å². The summed E-state index contributed by atoms with van der Waals surface area (Å²) in [6, 6.07) is 1.50. The van der Waals surface area contributed by atoms with Crippen LogP contribution in [-0.4, -0.2) is 16.2 Å². The van der Waals surface area contributed by atoms with Gasteiger partial charge < -0.3 is 15.5 Å². The molecule has 0 spiro atoms. The third-order valence-corrected chi connectivity index (χ3v) is 0.798. The Labute approximate surface area is 50.7 Å². The molecule has 0 aliphatic rings. The van der Waals surface area contributed by atoms with Gasteiger partial charge in [0.2, 0.25) is 11.6 Å². The van der Waals surface area contributed by atoms with Gasteiger partial charge in [0.05, 0.1) is 6.20 Å². The summed E-state index contributed by atoms with van der Waals surface area (Å²) < 4.78 is 4.52. The zero-order chi connectivity index (χ0) is 6.69. The van der Waals surface area contributed by atoms with Crippen molar-refractivity contribution in [3.63, 3.8) is 0 Å². The number of oxime groups is 1. The Balaban J connectivity index is 2.90. The van der Waals surface area contributed by atoms with Gasteiger partial charge in [0.25, 0.3) is 0 Å². The molecular weight excluding hydrogens is 122 g/mol. The van der Waals surface area contributed by atoms with E-state index in [2.05, 4.69) is 14.8 Å². The number of hydrogen-bond donors (Lipinski definition) is 2. The predicted molar refractivity (Wildman–Crippen MR) is 29.0 cm³/mol. The van der Waals surface area contributed by atoms with Crippen molar-refractivity contribution in [1.29, 1.82) is 0 Å². The Kier molecular flexibility index (Phi) is 1.35. The van der Waals surface area contributed by atoms with Crippen LogP contribution >= 0.6 is 0 Å². The largest absolute Gasteiger partial charge is 0.409 e. The van der Waals surface area contributed by atoms with Crippen molar-refractivity contribution in [2.45, 2.75) is 0 Å². The van der Waals surface area contributed by atoms with Crippen molar-refractivity contribution in [2.75, 3.05) is 0 Å². The molecule has 0 bridgehead atoms. The van der Waals surface area contributed by atoms with Crippen LogP contribution in [0.3, 0.4) is 0 Å². The Bertz CT molecular complexity index is 204. The summed E-state index contributed by atoms with van der Waals surface area (Å²) in [7, 11) is 0. The molecule has 1 aromatic rings. The normalized spacial score (nSPS) is 11.8. The number of amidine groups is 1. The molecule has 1 rings (SSSR count). The quantitative estimate of drug-likeness (QED) is 0.236. The molecule has 0 saturated heterocycles. The Hall–Kier alpha value is -1.52. The summed E-state index contributed by atoms with van der Waals surface area (Å²) in [6.45, 7) is 0. The van der Waals surface area contributed by atoms with Crippen molar-refractivity contribution in [3.05, 3.63) is 18.0 Å². The van der Waals surface area contributed by atoms with Crippen LogP contribution in [0, 0.1) is 0 Å². The van der Waals surface area contributed by atoms with Crippen LogP contribution in [0.1, 0.15) is 5.76 Å². The molecule has 0 aliphatic carbocycles. The summed E-state index contributed by atoms with van der Waals surface area (Å²) in [5.74, 6) is 0.185. The minimum absolute atomic E-state index is 0.0764. The van der Waals surface area contributed by atoms with Crippen LogP contribution in [0.25, 0.3) is 0 Å². The van der Waals surface area contributed by atoms with Gasteiger partial charge >= 0.3 is 0 Å². The molecule has 0 atom stereocenters. The second-order valence-corrected chi connectivity index (χ2v) is 1.36. The molecule has 0 unspecified atom stereocenters. The van der Waals surface area contributed by atoms with E-state index in [0.29, 0.717) is 0 Å². The molecule has 5 nitrogen and oxygen atoms in total. The van der Waals surface area contributed by atoms with Gasteiger partial charge in [-0.3, -0.25) is 0 Å². The maximum absolute atomic E-state index is 8.08. The molecule has 48 valence electrons. The highest BCUT2D eigenvalue weighted by molar-refractivity contribution is 5.94. The molecular formula is C4H5N3O2. The van der Waals surface area contributed by atoms with Crippen molar-refractivity contribution >= 4 is 5.84 Å². The van der Waals surface area contributed by atoms with E-state index in [9.17, 15) is 0 Å². The van der Waals surface area contributed by atoms with Gasteiger partial charge in [0.1, 0.15) is 0 Å². The fourth-order valence-electron chi connectivity index (χ4n) is 0.397. The molecule has 0 aromatic carbocycles. The van der Waals surface area contributed by atoms with Crippen LogP contribution in [0.2, 0.25) is 0 Å². The van der Waals surface area contributed by atoms with Gasteiger partial charge in [-0.15, -0.1) is 0 Å². The van der Waals surface area contributed by atoms with Gasteiger partial charge in [-0.05, 0) is 0 Å². The van der Waals surface area contributed by atoms with Crippen LogP contribution in [0.4, 0.5) is 0 Å². The van der Waals surface area contributed by atoms with E-state index in [1.54, 1.807) is 0 Å². The first kappa shape index (κ1) is 5.61. The van der Waals surface area contributed by atoms with E-state index in [1.165, 1.54) is 12.3 Å². The lowest BCUT2D eigenvalue weighted by molar-refractivity contribution is 0.315. The highest BCUT2D eigenvalue weighted by Gasteiger charge is 2.00. The molecule has 0 saturated carbocycles. The lowest BCUT2D eigenvalue weighted by Crippen LogP contribution is -2.11. The summed E-state index contributed by atoms with van der Waals surface area (Å²) in [5, 5.41) is 14.1. The molecule has 1 heterocycles. The van der Waals surface area contributed by atoms with E-state index in [-0.39, 0.29) is 11.6 Å². The van der Waals surface area contributed by atoms with E-state index >= 15 is 0 Å². The minimum atomic E-state index is -0.0764. The van der Waals surface area contributed by atoms with Gasteiger partial charge in [-0.2, -0.15) is 0 Å². The molecule has 0 radical (unpaired) electrons. The van der Waals surface area contributed by atoms with Gasteiger partial charge in [-0.25, -0.2) is 0 Å². The highest BCUT2D eigenvalue weighted by Crippen LogP contribution is 1.93. The average Bonchev–Trinajstić information content (AvgIpc) is 2.37. The van der Waals surface area contributed by atoms with Gasteiger partial charge in [0, 0.05) is 6.07 Å². The Morgan fingerprint density at radius 2 is 2.67 bits per heavy atom. The second kappa shape index (κ2) is 2.17. The molecule has 5 heteroatoms. The van der Waals surface area contributed by atoms with Crippen LogP contribution in [-0.2, 0) is 0 Å². The molecule has 0 fully saturated rings. The zero-order valence-corrected chi connectivity index (χ0v) is 4.48. The number of nitrogens with two attached hydrogens (primary N) is 1. The standard InChI is InChI=1S/C4H5N3O2/c5-4(7-8)3-1-2-6-9-3/h1-2,8H,(H2,5,7). The summed E-state index contributed by atoms with van der Waals surface area (Å²) in [5.41, 5.74) is 5.10. The topological polar surface area (TPSA) is 84.6 Å². The number of hydrogen-bond acceptors (Lipinski definition) is 4. The first-order chi connectivity index (χ1) is 4.34. The first-order valence-corrected chi connectivity index (χ1v) is 2.23. The van der Waals surface area contributed by atoms with Crippen molar-refractivity contribution < 1.29 is 9.73 Å². The third-order valence-electron chi connectivity index (χ3n) is 0.798. The summed E-state index contributed by atoms with van der Waals surface area (Å²) in [4.78, 5) is 0. The van der Waals surface area contributed by atoms with Crippen molar-refractivity contribution in [1.82, 2.24) is 5.16 Å². The van der Waals surface area contributed by atoms with E-state index in [4.69, 9.17) is 10.9 Å². The molecule has 0 amide bonds. The van der Waals surface area contributed by atoms with Crippen LogP contribution in [0.15, 0.2) is 21.9 Å². The molecule has 0 aliphatic heterocycles. The van der Waals surface area contributed by atoms with E-state index < -0.39 is 0 Å². The number of aromatic nitrogens is 1. The van der Waals surface area contributed by atoms with E-state index in [1.807, 2.05) is 0 Å². The predicted octanol–water partition coefficient (Wildman–Crippen LogP) is -0.231. The smallest absolute Gasteiger partial charge is 0.208 e. The fraction of sp³-hybridized carbons (Fsp3) is 0. The van der Waals surface area contributed by atoms with E-state index in [0.717, 1.165) is 0 Å². The summed E-state index contributed by atoms with van der Waals surface area (Å²) >= 11 is 0.